The summed E-state index contributed by atoms with van der Waals surface area (Å²) >= 11 is 0. The van der Waals surface area contributed by atoms with E-state index in [1.54, 1.807) is 4.90 Å². The molecule has 1 saturated heterocycles. The Bertz CT molecular complexity index is 1140. The second-order valence-corrected chi connectivity index (χ2v) is 10.3. The summed E-state index contributed by atoms with van der Waals surface area (Å²) in [5.74, 6) is 0.353. The first-order valence-corrected chi connectivity index (χ1v) is 13.1. The number of nitrogens with one attached hydrogen (secondary N) is 1. The van der Waals surface area contributed by atoms with Crippen molar-refractivity contribution in [2.75, 3.05) is 6.61 Å². The van der Waals surface area contributed by atoms with Crippen molar-refractivity contribution in [1.29, 1.82) is 0 Å². The van der Waals surface area contributed by atoms with E-state index in [4.69, 9.17) is 15.5 Å². The van der Waals surface area contributed by atoms with Gasteiger partial charge in [0.05, 0.1) is 42.7 Å². The third-order valence-corrected chi connectivity index (χ3v) is 8.27. The van der Waals surface area contributed by atoms with Crippen LogP contribution in [0, 0.1) is 5.92 Å². The molecule has 0 saturated carbocycles. The molecule has 1 fully saturated rings. The molecule has 192 valence electrons. The molecule has 8 heteroatoms. The first-order chi connectivity index (χ1) is 17.4. The maximum Gasteiger partial charge on any atom is 0.232 e. The summed E-state index contributed by atoms with van der Waals surface area (Å²) < 4.78 is 6.01. The van der Waals surface area contributed by atoms with Crippen molar-refractivity contribution in [2.45, 2.75) is 82.5 Å². The number of rotatable bonds is 5. The quantitative estimate of drug-likeness (QED) is 0.584. The number of hydrogen-bond donors (Lipinski definition) is 3. The van der Waals surface area contributed by atoms with Crippen LogP contribution in [0.15, 0.2) is 52.7 Å². The number of allylic oxidation sites excluding steroid dienone is 1. The van der Waals surface area contributed by atoms with Gasteiger partial charge in [-0.2, -0.15) is 0 Å². The highest BCUT2D eigenvalue weighted by molar-refractivity contribution is 6.00. The number of fused-ring (bicyclic) bond motifs is 2. The first kappa shape index (κ1) is 24.6. The number of benzene rings is 1. The van der Waals surface area contributed by atoms with Crippen molar-refractivity contribution in [1.82, 2.24) is 10.2 Å². The van der Waals surface area contributed by atoms with Crippen molar-refractivity contribution < 1.29 is 19.4 Å². The number of aliphatic imine (C=N–C) groups is 1. The average Bonchev–Trinajstić information content (AvgIpc) is 3.05. The van der Waals surface area contributed by atoms with Crippen molar-refractivity contribution in [3.8, 4) is 0 Å². The van der Waals surface area contributed by atoms with Crippen LogP contribution in [0.5, 0.6) is 0 Å². The number of aliphatic hydroxyl groups excluding tert-OH is 1. The molecule has 0 aromatic heterocycles. The lowest BCUT2D eigenvalue weighted by molar-refractivity contribution is -0.131. The largest absolute Gasteiger partial charge is 0.494 e. The lowest BCUT2D eigenvalue weighted by atomic mass is 9.85. The summed E-state index contributed by atoms with van der Waals surface area (Å²) in [5, 5.41) is 13.7. The maximum atomic E-state index is 13.4. The number of amides is 2. The summed E-state index contributed by atoms with van der Waals surface area (Å²) in [5.41, 5.74) is 8.82. The highest BCUT2D eigenvalue weighted by atomic mass is 16.5. The highest BCUT2D eigenvalue weighted by Crippen LogP contribution is 2.38. The monoisotopic (exact) mass is 492 g/mol. The van der Waals surface area contributed by atoms with Crippen LogP contribution >= 0.6 is 0 Å². The Kier molecular flexibility index (Phi) is 6.64. The van der Waals surface area contributed by atoms with Crippen LogP contribution in [0.1, 0.15) is 69.5 Å². The Hall–Kier alpha value is -3.13. The van der Waals surface area contributed by atoms with Crippen LogP contribution < -0.4 is 11.1 Å². The molecule has 2 amide bonds. The van der Waals surface area contributed by atoms with Crippen molar-refractivity contribution >= 4 is 17.8 Å². The fraction of sp³-hybridized carbons (Fsp3) is 0.536. The van der Waals surface area contributed by atoms with E-state index in [2.05, 4.69) is 5.32 Å². The van der Waals surface area contributed by atoms with Gasteiger partial charge >= 0.3 is 0 Å². The normalized spacial score (nSPS) is 29.1. The van der Waals surface area contributed by atoms with E-state index in [1.165, 1.54) is 0 Å². The van der Waals surface area contributed by atoms with Crippen molar-refractivity contribution in [3.05, 3.63) is 58.9 Å². The average molecular weight is 493 g/mol. The number of ether oxygens (including phenoxy) is 1. The van der Waals surface area contributed by atoms with Crippen LogP contribution in [0.4, 0.5) is 0 Å². The topological polar surface area (TPSA) is 117 Å². The summed E-state index contributed by atoms with van der Waals surface area (Å²) in [6, 6.07) is 7.07. The van der Waals surface area contributed by atoms with Crippen LogP contribution in [-0.2, 0) is 20.7 Å². The van der Waals surface area contributed by atoms with Crippen LogP contribution in [0.2, 0.25) is 0 Å². The molecule has 0 spiro atoms. The first-order valence-electron chi connectivity index (χ1n) is 13.1. The molecule has 36 heavy (non-hydrogen) atoms. The number of guanidine groups is 1. The SMILES string of the molecule is CCC1(CC)CC(=O)N([C@@H]2CCCOC3=CCC(C(=O)N[C@@H]4c5ccccc5C[C@H]4O)C=C32)C(N)=N1. The second kappa shape index (κ2) is 9.73. The predicted octanol–water partition coefficient (Wildman–Crippen LogP) is 2.88. The number of hydrogen-bond acceptors (Lipinski definition) is 6. The van der Waals surface area contributed by atoms with Crippen molar-refractivity contribution in [3.63, 3.8) is 0 Å². The molecule has 1 unspecified atom stereocenters. The molecule has 4 N–H and O–H groups in total. The molecule has 1 aromatic carbocycles. The van der Waals surface area contributed by atoms with Gasteiger partial charge < -0.3 is 20.9 Å². The van der Waals surface area contributed by atoms with Crippen molar-refractivity contribution in [2.24, 2.45) is 16.6 Å². The lowest BCUT2D eigenvalue weighted by Gasteiger charge is -2.40. The zero-order valence-corrected chi connectivity index (χ0v) is 21.1. The van der Waals surface area contributed by atoms with E-state index in [1.807, 2.05) is 50.3 Å². The molecule has 2 aliphatic carbocycles. The van der Waals surface area contributed by atoms with Gasteiger partial charge in [-0.15, -0.1) is 0 Å². The zero-order chi connectivity index (χ0) is 25.4. The van der Waals surface area contributed by atoms with Crippen LogP contribution in [0.25, 0.3) is 0 Å². The van der Waals surface area contributed by atoms with Crippen LogP contribution in [-0.4, -0.2) is 52.1 Å². The fourth-order valence-corrected chi connectivity index (χ4v) is 6.03. The fourth-order valence-electron chi connectivity index (χ4n) is 6.03. The van der Waals surface area contributed by atoms with Gasteiger partial charge in [0.1, 0.15) is 5.76 Å². The summed E-state index contributed by atoms with van der Waals surface area (Å²) in [6.45, 7) is 4.63. The van der Waals surface area contributed by atoms with E-state index >= 15 is 0 Å². The summed E-state index contributed by atoms with van der Waals surface area (Å²) in [6.07, 6.45) is 7.53. The van der Waals surface area contributed by atoms with E-state index < -0.39 is 23.6 Å². The van der Waals surface area contributed by atoms with Gasteiger partial charge in [0, 0.05) is 12.0 Å². The van der Waals surface area contributed by atoms with E-state index in [9.17, 15) is 14.7 Å². The molecule has 0 radical (unpaired) electrons. The minimum Gasteiger partial charge on any atom is -0.494 e. The standard InChI is InChI=1S/C28H36N4O4/c1-3-28(4-2)16-24(34)32(27(29)31-28)21-10-7-13-36-23-12-11-18(14-20(21)23)26(35)30-25-19-9-6-5-8-17(19)15-22(25)33/h5-6,8-9,12,14,18,21-22,25,33H,3-4,7,10-11,13,15-16H2,1-2H3,(H2,29,31)(H,30,35)/t18?,21-,22-,25-/m1/s1. The number of carbonyl (C=O) groups excluding carboxylic acids is 2. The maximum absolute atomic E-state index is 13.4. The third-order valence-electron chi connectivity index (χ3n) is 8.27. The highest BCUT2D eigenvalue weighted by Gasteiger charge is 2.43. The molecule has 2 heterocycles. The minimum atomic E-state index is -0.651. The number of nitrogens with two attached hydrogens (primary N) is 1. The molecular formula is C28H36N4O4. The molecule has 5 rings (SSSR count). The van der Waals surface area contributed by atoms with E-state index in [0.29, 0.717) is 32.3 Å². The van der Waals surface area contributed by atoms with Crippen LogP contribution in [0.3, 0.4) is 0 Å². The molecule has 4 aliphatic rings. The van der Waals surface area contributed by atoms with Gasteiger partial charge in [0.2, 0.25) is 11.8 Å². The molecule has 1 aromatic rings. The smallest absolute Gasteiger partial charge is 0.232 e. The number of carbonyl (C=O) groups is 2. The predicted molar refractivity (Wildman–Crippen MR) is 137 cm³/mol. The number of nitrogens with zero attached hydrogens (tertiary/aromatic N) is 2. The Morgan fingerprint density at radius 1 is 1.31 bits per heavy atom. The summed E-state index contributed by atoms with van der Waals surface area (Å²) in [7, 11) is 0. The zero-order valence-electron chi connectivity index (χ0n) is 21.1. The lowest BCUT2D eigenvalue weighted by Crippen LogP contribution is -2.56. The Labute approximate surface area is 212 Å². The van der Waals surface area contributed by atoms with Gasteiger partial charge in [-0.25, -0.2) is 4.99 Å². The Morgan fingerprint density at radius 2 is 2.08 bits per heavy atom. The van der Waals surface area contributed by atoms with E-state index in [0.717, 1.165) is 41.7 Å². The van der Waals surface area contributed by atoms with Gasteiger partial charge in [-0.3, -0.25) is 14.5 Å². The molecule has 4 atom stereocenters. The Morgan fingerprint density at radius 3 is 2.83 bits per heavy atom. The van der Waals surface area contributed by atoms with Gasteiger partial charge in [0.25, 0.3) is 0 Å². The third kappa shape index (κ3) is 4.32. The Balaban J connectivity index is 1.41. The summed E-state index contributed by atoms with van der Waals surface area (Å²) in [4.78, 5) is 33.2. The number of aliphatic hydroxyl groups is 1. The second-order valence-electron chi connectivity index (χ2n) is 10.3. The van der Waals surface area contributed by atoms with Gasteiger partial charge in [0.15, 0.2) is 5.96 Å². The minimum absolute atomic E-state index is 0.0318. The van der Waals surface area contributed by atoms with Gasteiger partial charge in [-0.05, 0) is 49.3 Å². The molecule has 2 aliphatic heterocycles. The molecular weight excluding hydrogens is 456 g/mol. The molecule has 0 bridgehead atoms. The molecule has 8 nitrogen and oxygen atoms in total. The van der Waals surface area contributed by atoms with E-state index in [-0.39, 0.29) is 23.8 Å². The van der Waals surface area contributed by atoms with Gasteiger partial charge in [-0.1, -0.05) is 44.2 Å².